The van der Waals surface area contributed by atoms with Gasteiger partial charge in [0, 0.05) is 26.2 Å². The third-order valence-electron chi connectivity index (χ3n) is 8.58. The summed E-state index contributed by atoms with van der Waals surface area (Å²) >= 11 is 0. The van der Waals surface area contributed by atoms with Crippen LogP contribution in [0.4, 0.5) is 9.59 Å². The van der Waals surface area contributed by atoms with Crippen molar-refractivity contribution in [1.82, 2.24) is 14.9 Å². The number of hydrogen-bond donors (Lipinski definition) is 3. The summed E-state index contributed by atoms with van der Waals surface area (Å²) in [6.07, 6.45) is -1.25. The zero-order valence-electron chi connectivity index (χ0n) is 28.6. The van der Waals surface area contributed by atoms with Gasteiger partial charge in [-0.05, 0) is 61.4 Å². The van der Waals surface area contributed by atoms with E-state index in [1.165, 1.54) is 23.5 Å². The molecule has 3 aliphatic heterocycles. The van der Waals surface area contributed by atoms with Gasteiger partial charge in [-0.1, -0.05) is 26.0 Å². The summed E-state index contributed by atoms with van der Waals surface area (Å²) < 4.78 is 67.4. The van der Waals surface area contributed by atoms with Gasteiger partial charge in [0.05, 0.1) is 49.4 Å². The molecular formula is C34H47N3O12S. The van der Waals surface area contributed by atoms with Crippen molar-refractivity contribution >= 4 is 22.2 Å². The van der Waals surface area contributed by atoms with Gasteiger partial charge in [-0.3, -0.25) is 0 Å². The third kappa shape index (κ3) is 9.90. The third-order valence-corrected chi connectivity index (χ3v) is 10.4. The van der Waals surface area contributed by atoms with E-state index < -0.39 is 46.7 Å². The van der Waals surface area contributed by atoms with Gasteiger partial charge in [0.1, 0.15) is 11.9 Å². The predicted molar refractivity (Wildman–Crippen MR) is 178 cm³/mol. The van der Waals surface area contributed by atoms with Gasteiger partial charge < -0.3 is 48.9 Å². The molecule has 0 saturated carbocycles. The monoisotopic (exact) mass is 721 g/mol. The number of nitrogens with one attached hydrogen (secondary N) is 2. The molecule has 15 nitrogen and oxygen atoms in total. The summed E-state index contributed by atoms with van der Waals surface area (Å²) in [5.74, 6) is 1.26. The summed E-state index contributed by atoms with van der Waals surface area (Å²) in [5.41, 5.74) is 0.767. The molecule has 3 N–H and O–H groups in total. The first-order valence-electron chi connectivity index (χ1n) is 16.9. The largest absolute Gasteiger partial charge is 0.494 e. The molecule has 0 radical (unpaired) electrons. The van der Waals surface area contributed by atoms with Gasteiger partial charge in [0.15, 0.2) is 17.8 Å². The quantitative estimate of drug-likeness (QED) is 0.204. The first kappa shape index (κ1) is 37.4. The van der Waals surface area contributed by atoms with Crippen LogP contribution in [0.25, 0.3) is 0 Å². The maximum absolute atomic E-state index is 13.9. The van der Waals surface area contributed by atoms with E-state index in [0.717, 1.165) is 5.56 Å². The standard InChI is InChI=1S/C34H47N3O12S/c1-22(2)18-37(50(41,42)25-10-11-29-30(17-25)48-21-47-29)19-28(38)27(36-34(40)49-31-20-46-32-26(31)12-15-44-32)16-23-6-8-24(9-7-23)43-13-4-5-14-45-33(39)35-3/h6-11,17,22,26-28,31-32,38H,4-5,12-16,18-21H2,1-3H3,(H,35,39)(H,36,40)/t26-,27-,28+,31-,32+/m0/s1. The first-order chi connectivity index (χ1) is 24.0. The van der Waals surface area contributed by atoms with Crippen LogP contribution in [0.2, 0.25) is 0 Å². The second kappa shape index (κ2) is 17.4. The molecular weight excluding hydrogens is 674 g/mol. The molecule has 0 spiro atoms. The van der Waals surface area contributed by atoms with Crippen molar-refractivity contribution in [2.45, 2.75) is 69.0 Å². The van der Waals surface area contributed by atoms with E-state index in [-0.39, 0.29) is 56.2 Å². The Hall–Kier alpha value is -3.83. The van der Waals surface area contributed by atoms with Gasteiger partial charge in [0.2, 0.25) is 16.8 Å². The van der Waals surface area contributed by atoms with Crippen LogP contribution in [-0.4, -0.2) is 108 Å². The number of sulfonamides is 1. The number of rotatable bonds is 17. The lowest BCUT2D eigenvalue weighted by Gasteiger charge is -2.31. The minimum Gasteiger partial charge on any atom is -0.494 e. The van der Waals surface area contributed by atoms with E-state index in [4.69, 9.17) is 33.2 Å². The number of nitrogens with zero attached hydrogens (tertiary/aromatic N) is 1. The Bertz CT molecular complexity index is 1540. The van der Waals surface area contributed by atoms with Crippen molar-refractivity contribution in [3.63, 3.8) is 0 Å². The van der Waals surface area contributed by atoms with Crippen LogP contribution < -0.4 is 24.8 Å². The lowest BCUT2D eigenvalue weighted by atomic mass is 10.0. The summed E-state index contributed by atoms with van der Waals surface area (Å²) in [5, 5.41) is 16.8. The molecule has 50 heavy (non-hydrogen) atoms. The van der Waals surface area contributed by atoms with Crippen LogP contribution in [0.5, 0.6) is 17.2 Å². The molecule has 2 aromatic carbocycles. The lowest BCUT2D eigenvalue weighted by Crippen LogP contribution is -2.51. The van der Waals surface area contributed by atoms with Crippen molar-refractivity contribution in [3.05, 3.63) is 48.0 Å². The van der Waals surface area contributed by atoms with E-state index in [0.29, 0.717) is 49.7 Å². The molecule has 2 amide bonds. The van der Waals surface area contributed by atoms with Crippen molar-refractivity contribution in [1.29, 1.82) is 0 Å². The number of aliphatic hydroxyl groups excluding tert-OH is 1. The molecule has 3 heterocycles. The minimum absolute atomic E-state index is 0.00103. The number of aliphatic hydroxyl groups is 1. The topological polar surface area (TPSA) is 180 Å². The maximum Gasteiger partial charge on any atom is 0.407 e. The number of ether oxygens (including phenoxy) is 7. The van der Waals surface area contributed by atoms with Crippen LogP contribution in [0.15, 0.2) is 47.4 Å². The number of unbranched alkanes of at least 4 members (excludes halogenated alkanes) is 1. The van der Waals surface area contributed by atoms with Gasteiger partial charge in [-0.25, -0.2) is 18.0 Å². The zero-order chi connectivity index (χ0) is 35.7. The minimum atomic E-state index is -4.08. The Morgan fingerprint density at radius 1 is 1.00 bits per heavy atom. The molecule has 3 aliphatic rings. The summed E-state index contributed by atoms with van der Waals surface area (Å²) in [6, 6.07) is 10.7. The van der Waals surface area contributed by atoms with E-state index in [2.05, 4.69) is 10.6 Å². The SMILES string of the molecule is CNC(=O)OCCCCOc1ccc(C[C@H](NC(=O)O[C@H]2CO[C@H]3OCC[C@H]32)[C@H](O)CN(CC(C)C)S(=O)(=O)c2ccc3c(c2)OCO3)cc1. The Labute approximate surface area is 292 Å². The van der Waals surface area contributed by atoms with Crippen molar-refractivity contribution < 1.29 is 56.3 Å². The highest BCUT2D eigenvalue weighted by atomic mass is 32.2. The highest BCUT2D eigenvalue weighted by Gasteiger charge is 2.44. The van der Waals surface area contributed by atoms with Crippen molar-refractivity contribution in [3.8, 4) is 17.2 Å². The molecule has 5 rings (SSSR count). The molecule has 2 fully saturated rings. The van der Waals surface area contributed by atoms with Crippen LogP contribution in [-0.2, 0) is 35.4 Å². The number of alkyl carbamates (subject to hydrolysis) is 2. The van der Waals surface area contributed by atoms with Gasteiger partial charge in [-0.15, -0.1) is 0 Å². The van der Waals surface area contributed by atoms with E-state index in [1.807, 2.05) is 26.0 Å². The molecule has 2 aromatic rings. The van der Waals surface area contributed by atoms with Gasteiger partial charge in [0.25, 0.3) is 0 Å². The number of carbonyl (C=O) groups is 2. The fraction of sp³-hybridized carbons (Fsp3) is 0.588. The second-order valence-corrected chi connectivity index (χ2v) is 14.7. The summed E-state index contributed by atoms with van der Waals surface area (Å²) in [4.78, 5) is 24.4. The van der Waals surface area contributed by atoms with Crippen LogP contribution in [0.1, 0.15) is 38.7 Å². The van der Waals surface area contributed by atoms with E-state index in [9.17, 15) is 23.1 Å². The highest BCUT2D eigenvalue weighted by molar-refractivity contribution is 7.89. The molecule has 0 aromatic heterocycles. The van der Waals surface area contributed by atoms with E-state index in [1.54, 1.807) is 18.2 Å². The lowest BCUT2D eigenvalue weighted by molar-refractivity contribution is -0.0907. The molecule has 0 aliphatic carbocycles. The smallest absolute Gasteiger partial charge is 0.407 e. The Balaban J connectivity index is 1.26. The first-order valence-corrected chi connectivity index (χ1v) is 18.3. The highest BCUT2D eigenvalue weighted by Crippen LogP contribution is 2.35. The number of hydrogen-bond acceptors (Lipinski definition) is 12. The maximum atomic E-state index is 13.9. The molecule has 0 unspecified atom stereocenters. The average Bonchev–Trinajstić information content (AvgIpc) is 3.85. The van der Waals surface area contributed by atoms with E-state index >= 15 is 0 Å². The Kier molecular flexibility index (Phi) is 13.0. The van der Waals surface area contributed by atoms with Crippen molar-refractivity contribution in [2.24, 2.45) is 11.8 Å². The van der Waals surface area contributed by atoms with Crippen molar-refractivity contribution in [2.75, 3.05) is 53.4 Å². The van der Waals surface area contributed by atoms with Crippen LogP contribution in [0, 0.1) is 11.8 Å². The predicted octanol–water partition coefficient (Wildman–Crippen LogP) is 3.04. The fourth-order valence-electron chi connectivity index (χ4n) is 5.96. The number of fused-ring (bicyclic) bond motifs is 2. The van der Waals surface area contributed by atoms with Crippen LogP contribution >= 0.6 is 0 Å². The average molecular weight is 722 g/mol. The number of carbonyl (C=O) groups excluding carboxylic acids is 2. The van der Waals surface area contributed by atoms with Gasteiger partial charge in [-0.2, -0.15) is 4.31 Å². The fourth-order valence-corrected chi connectivity index (χ4v) is 7.60. The molecule has 2 saturated heterocycles. The Morgan fingerprint density at radius 3 is 2.52 bits per heavy atom. The molecule has 276 valence electrons. The Morgan fingerprint density at radius 2 is 1.76 bits per heavy atom. The normalized spacial score (nSPS) is 20.7. The second-order valence-electron chi connectivity index (χ2n) is 12.8. The zero-order valence-corrected chi connectivity index (χ0v) is 29.4. The number of benzene rings is 2. The van der Waals surface area contributed by atoms with Crippen LogP contribution in [0.3, 0.4) is 0 Å². The molecule has 16 heteroatoms. The number of amides is 2. The summed E-state index contributed by atoms with van der Waals surface area (Å²) in [7, 11) is -2.58. The molecule has 0 bridgehead atoms. The molecule has 5 atom stereocenters. The summed E-state index contributed by atoms with van der Waals surface area (Å²) in [6.45, 7) is 5.03. The van der Waals surface area contributed by atoms with Gasteiger partial charge >= 0.3 is 12.2 Å².